The summed E-state index contributed by atoms with van der Waals surface area (Å²) in [5.74, 6) is 0.969. The maximum absolute atomic E-state index is 6.08. The van der Waals surface area contributed by atoms with Crippen molar-refractivity contribution in [1.29, 1.82) is 0 Å². The zero-order valence-electron chi connectivity index (χ0n) is 13.4. The highest BCUT2D eigenvalue weighted by molar-refractivity contribution is 5.89. The Labute approximate surface area is 127 Å². The van der Waals surface area contributed by atoms with Crippen molar-refractivity contribution in [3.05, 3.63) is 54.1 Å². The lowest BCUT2D eigenvalue weighted by molar-refractivity contribution is 0.347. The summed E-state index contributed by atoms with van der Waals surface area (Å²) in [6.07, 6.45) is 0. The van der Waals surface area contributed by atoms with E-state index >= 15 is 0 Å². The predicted molar refractivity (Wildman–Crippen MR) is 90.9 cm³/mol. The van der Waals surface area contributed by atoms with Crippen LogP contribution in [0.15, 0.2) is 48.6 Å². The smallest absolute Gasteiger partial charge is 0.132 e. The molecule has 1 N–H and O–H groups in total. The van der Waals surface area contributed by atoms with E-state index in [4.69, 9.17) is 4.74 Å². The largest absolute Gasteiger partial charge is 0.488 e. The van der Waals surface area contributed by atoms with Gasteiger partial charge in [0.05, 0.1) is 0 Å². The lowest BCUT2D eigenvalue weighted by atomic mass is 10.0. The molecular formula is C19H25NO. The number of hydrogen-bond acceptors (Lipinski definition) is 2. The van der Waals surface area contributed by atoms with Crippen LogP contribution in [-0.4, -0.2) is 12.6 Å². The second-order valence-electron chi connectivity index (χ2n) is 5.99. The molecule has 0 aromatic heterocycles. The van der Waals surface area contributed by atoms with E-state index < -0.39 is 0 Å². The third kappa shape index (κ3) is 3.85. The molecule has 0 aliphatic rings. The fourth-order valence-corrected chi connectivity index (χ4v) is 2.55. The van der Waals surface area contributed by atoms with Gasteiger partial charge in [0.25, 0.3) is 0 Å². The standard InChI is InChI=1S/C19H25NO/c1-13(2)12-21-19-17(15(5)20-14(3)4)11-10-16-8-6-7-9-18(16)19/h6-11,14-15,20H,1,12H2,2-5H3. The van der Waals surface area contributed by atoms with Gasteiger partial charge in [0.2, 0.25) is 0 Å². The van der Waals surface area contributed by atoms with Gasteiger partial charge in [-0.05, 0) is 24.8 Å². The van der Waals surface area contributed by atoms with Gasteiger partial charge in [0, 0.05) is 23.0 Å². The molecule has 2 heteroatoms. The van der Waals surface area contributed by atoms with E-state index in [9.17, 15) is 0 Å². The number of hydrogen-bond donors (Lipinski definition) is 1. The van der Waals surface area contributed by atoms with Crippen molar-refractivity contribution in [2.24, 2.45) is 0 Å². The molecule has 2 aromatic carbocycles. The minimum atomic E-state index is 0.245. The van der Waals surface area contributed by atoms with Crippen LogP contribution in [0.4, 0.5) is 0 Å². The quantitative estimate of drug-likeness (QED) is 0.765. The van der Waals surface area contributed by atoms with E-state index in [0.717, 1.165) is 16.7 Å². The van der Waals surface area contributed by atoms with Crippen molar-refractivity contribution < 1.29 is 4.74 Å². The molecule has 0 bridgehead atoms. The van der Waals surface area contributed by atoms with Gasteiger partial charge in [-0.2, -0.15) is 0 Å². The highest BCUT2D eigenvalue weighted by atomic mass is 16.5. The van der Waals surface area contributed by atoms with E-state index in [1.165, 1.54) is 10.9 Å². The second-order valence-corrected chi connectivity index (χ2v) is 5.99. The number of benzene rings is 2. The Morgan fingerprint density at radius 2 is 1.86 bits per heavy atom. The number of rotatable bonds is 6. The average molecular weight is 283 g/mol. The molecule has 0 aliphatic carbocycles. The molecule has 2 nitrogen and oxygen atoms in total. The van der Waals surface area contributed by atoms with Crippen LogP contribution >= 0.6 is 0 Å². The molecule has 0 aliphatic heterocycles. The summed E-state index contributed by atoms with van der Waals surface area (Å²) in [6.45, 7) is 13.0. The molecule has 0 amide bonds. The number of fused-ring (bicyclic) bond motifs is 1. The molecule has 0 saturated carbocycles. The zero-order chi connectivity index (χ0) is 15.4. The van der Waals surface area contributed by atoms with Crippen molar-refractivity contribution in [3.63, 3.8) is 0 Å². The normalized spacial score (nSPS) is 12.6. The molecule has 2 rings (SSSR count). The first-order valence-electron chi connectivity index (χ1n) is 7.54. The molecule has 0 fully saturated rings. The van der Waals surface area contributed by atoms with Crippen molar-refractivity contribution in [1.82, 2.24) is 5.32 Å². The van der Waals surface area contributed by atoms with Gasteiger partial charge < -0.3 is 10.1 Å². The van der Waals surface area contributed by atoms with Crippen LogP contribution in [0, 0.1) is 0 Å². The van der Waals surface area contributed by atoms with Gasteiger partial charge in [0.15, 0.2) is 0 Å². The van der Waals surface area contributed by atoms with Crippen LogP contribution in [0.5, 0.6) is 5.75 Å². The Bertz CT molecular complexity index is 630. The van der Waals surface area contributed by atoms with Crippen molar-refractivity contribution in [3.8, 4) is 5.75 Å². The fourth-order valence-electron chi connectivity index (χ4n) is 2.55. The van der Waals surface area contributed by atoms with Crippen LogP contribution in [-0.2, 0) is 0 Å². The Balaban J connectivity index is 2.47. The zero-order valence-corrected chi connectivity index (χ0v) is 13.4. The SMILES string of the molecule is C=C(C)COc1c(C(C)NC(C)C)ccc2ccccc12. The highest BCUT2D eigenvalue weighted by Gasteiger charge is 2.15. The van der Waals surface area contributed by atoms with E-state index in [1.807, 2.05) is 6.92 Å². The Hall–Kier alpha value is -1.80. The van der Waals surface area contributed by atoms with Crippen molar-refractivity contribution >= 4 is 10.8 Å². The fraction of sp³-hybridized carbons (Fsp3) is 0.368. The third-order valence-electron chi connectivity index (χ3n) is 3.42. The highest BCUT2D eigenvalue weighted by Crippen LogP contribution is 2.34. The topological polar surface area (TPSA) is 21.3 Å². The Morgan fingerprint density at radius 1 is 1.14 bits per heavy atom. The van der Waals surface area contributed by atoms with Crippen molar-refractivity contribution in [2.45, 2.75) is 39.8 Å². The average Bonchev–Trinajstić information content (AvgIpc) is 2.43. The summed E-state index contributed by atoms with van der Waals surface area (Å²) in [6, 6.07) is 13.4. The molecule has 1 unspecified atom stereocenters. The van der Waals surface area contributed by atoms with Crippen LogP contribution in [0.1, 0.15) is 39.3 Å². The maximum atomic E-state index is 6.08. The van der Waals surface area contributed by atoms with E-state index in [2.05, 4.69) is 69.1 Å². The minimum Gasteiger partial charge on any atom is -0.488 e. The molecule has 112 valence electrons. The second kappa shape index (κ2) is 6.77. The number of nitrogens with one attached hydrogen (secondary N) is 1. The van der Waals surface area contributed by atoms with Crippen LogP contribution in [0.2, 0.25) is 0 Å². The third-order valence-corrected chi connectivity index (χ3v) is 3.42. The van der Waals surface area contributed by atoms with Crippen LogP contribution < -0.4 is 10.1 Å². The van der Waals surface area contributed by atoms with Gasteiger partial charge in [-0.1, -0.05) is 56.8 Å². The van der Waals surface area contributed by atoms with E-state index in [0.29, 0.717) is 12.6 Å². The lowest BCUT2D eigenvalue weighted by Gasteiger charge is -2.22. The molecule has 0 radical (unpaired) electrons. The Morgan fingerprint density at radius 3 is 2.52 bits per heavy atom. The summed E-state index contributed by atoms with van der Waals surface area (Å²) in [7, 11) is 0. The van der Waals surface area contributed by atoms with E-state index in [-0.39, 0.29) is 6.04 Å². The van der Waals surface area contributed by atoms with Gasteiger partial charge in [-0.3, -0.25) is 0 Å². The molecule has 2 aromatic rings. The minimum absolute atomic E-state index is 0.245. The van der Waals surface area contributed by atoms with Crippen LogP contribution in [0.3, 0.4) is 0 Å². The molecule has 21 heavy (non-hydrogen) atoms. The molecular weight excluding hydrogens is 258 g/mol. The van der Waals surface area contributed by atoms with Gasteiger partial charge in [-0.15, -0.1) is 0 Å². The monoisotopic (exact) mass is 283 g/mol. The summed E-state index contributed by atoms with van der Waals surface area (Å²) < 4.78 is 6.08. The molecule has 1 atom stereocenters. The van der Waals surface area contributed by atoms with Crippen molar-refractivity contribution in [2.75, 3.05) is 6.61 Å². The first kappa shape index (κ1) is 15.6. The molecule has 0 spiro atoms. The summed E-state index contributed by atoms with van der Waals surface area (Å²) >= 11 is 0. The first-order chi connectivity index (χ1) is 9.99. The first-order valence-corrected chi connectivity index (χ1v) is 7.54. The van der Waals surface area contributed by atoms with Gasteiger partial charge >= 0.3 is 0 Å². The summed E-state index contributed by atoms with van der Waals surface area (Å²) in [4.78, 5) is 0. The number of ether oxygens (including phenoxy) is 1. The Kier molecular flexibility index (Phi) is 5.03. The summed E-state index contributed by atoms with van der Waals surface area (Å²) in [5.41, 5.74) is 2.22. The van der Waals surface area contributed by atoms with Crippen LogP contribution in [0.25, 0.3) is 10.8 Å². The van der Waals surface area contributed by atoms with Gasteiger partial charge in [-0.25, -0.2) is 0 Å². The molecule has 0 saturated heterocycles. The maximum Gasteiger partial charge on any atom is 0.132 e. The molecule has 0 heterocycles. The lowest BCUT2D eigenvalue weighted by Crippen LogP contribution is -2.26. The summed E-state index contributed by atoms with van der Waals surface area (Å²) in [5, 5.41) is 5.91. The van der Waals surface area contributed by atoms with Gasteiger partial charge in [0.1, 0.15) is 12.4 Å². The van der Waals surface area contributed by atoms with E-state index in [1.54, 1.807) is 0 Å². The predicted octanol–water partition coefficient (Wildman–Crippen LogP) is 4.85.